The highest BCUT2D eigenvalue weighted by Gasteiger charge is 2.24. The van der Waals surface area contributed by atoms with E-state index >= 15 is 0 Å². The number of amides is 2. The second kappa shape index (κ2) is 11.0. The van der Waals surface area contributed by atoms with Crippen LogP contribution in [0.2, 0.25) is 0 Å². The maximum Gasteiger partial charge on any atom is 0.407 e. The first-order valence-corrected chi connectivity index (χ1v) is 9.47. The minimum Gasteiger partial charge on any atom is -0.489 e. The monoisotopic (exact) mass is 384 g/mol. The van der Waals surface area contributed by atoms with Crippen LogP contribution in [0.3, 0.4) is 0 Å². The molecule has 2 amide bonds. The highest BCUT2D eigenvalue weighted by Crippen LogP contribution is 2.15. The van der Waals surface area contributed by atoms with Crippen LogP contribution in [0.1, 0.15) is 31.9 Å². The second-order valence-corrected chi connectivity index (χ2v) is 6.67. The summed E-state index contributed by atoms with van der Waals surface area (Å²) in [6, 6.07) is 16.7. The number of para-hydroxylation sites is 1. The lowest BCUT2D eigenvalue weighted by Crippen LogP contribution is -2.49. The van der Waals surface area contributed by atoms with E-state index < -0.39 is 12.1 Å². The van der Waals surface area contributed by atoms with Crippen molar-refractivity contribution in [2.45, 2.75) is 40.0 Å². The summed E-state index contributed by atoms with van der Waals surface area (Å²) in [5.74, 6) is 0.475. The van der Waals surface area contributed by atoms with Gasteiger partial charge in [0.15, 0.2) is 0 Å². The van der Waals surface area contributed by atoms with Gasteiger partial charge in [0.25, 0.3) is 0 Å². The summed E-state index contributed by atoms with van der Waals surface area (Å²) >= 11 is 0. The van der Waals surface area contributed by atoms with Crippen LogP contribution >= 0.6 is 0 Å². The Labute approximate surface area is 166 Å². The van der Waals surface area contributed by atoms with E-state index in [9.17, 15) is 9.59 Å². The Morgan fingerprint density at radius 1 is 0.964 bits per heavy atom. The maximum absolute atomic E-state index is 12.6. The molecule has 0 spiro atoms. The van der Waals surface area contributed by atoms with Crippen LogP contribution in [0.25, 0.3) is 0 Å². The minimum atomic E-state index is -0.660. The zero-order chi connectivity index (χ0) is 20.4. The summed E-state index contributed by atoms with van der Waals surface area (Å²) in [4.78, 5) is 24.3. The van der Waals surface area contributed by atoms with Gasteiger partial charge >= 0.3 is 6.09 Å². The van der Waals surface area contributed by atoms with E-state index in [0.717, 1.165) is 16.9 Å². The molecule has 2 N–H and O–H groups in total. The molecule has 0 saturated carbocycles. The maximum atomic E-state index is 12.6. The highest BCUT2D eigenvalue weighted by atomic mass is 16.5. The molecular formula is C22H28N2O4. The largest absolute Gasteiger partial charge is 0.489 e. The van der Waals surface area contributed by atoms with Crippen LogP contribution in [0.15, 0.2) is 54.6 Å². The van der Waals surface area contributed by atoms with Crippen molar-refractivity contribution in [2.24, 2.45) is 5.92 Å². The van der Waals surface area contributed by atoms with E-state index in [1.165, 1.54) is 0 Å². The summed E-state index contributed by atoms with van der Waals surface area (Å²) in [6.45, 7) is 6.48. The first-order chi connectivity index (χ1) is 13.5. The van der Waals surface area contributed by atoms with Crippen molar-refractivity contribution in [3.05, 3.63) is 65.7 Å². The van der Waals surface area contributed by atoms with Gasteiger partial charge in [-0.05, 0) is 36.1 Å². The third kappa shape index (κ3) is 6.61. The van der Waals surface area contributed by atoms with E-state index in [1.54, 1.807) is 6.92 Å². The van der Waals surface area contributed by atoms with Crippen molar-refractivity contribution < 1.29 is 19.1 Å². The molecule has 6 heteroatoms. The fraction of sp³-hybridized carbons (Fsp3) is 0.364. The molecule has 0 fully saturated rings. The predicted molar refractivity (Wildman–Crippen MR) is 108 cm³/mol. The molecule has 0 aliphatic rings. The fourth-order valence-corrected chi connectivity index (χ4v) is 2.68. The van der Waals surface area contributed by atoms with E-state index in [-0.39, 0.29) is 18.4 Å². The van der Waals surface area contributed by atoms with Crippen molar-refractivity contribution in [3.8, 4) is 5.75 Å². The molecule has 0 aromatic heterocycles. The molecular weight excluding hydrogens is 356 g/mol. The van der Waals surface area contributed by atoms with Gasteiger partial charge < -0.3 is 20.1 Å². The van der Waals surface area contributed by atoms with Gasteiger partial charge in [-0.15, -0.1) is 0 Å². The second-order valence-electron chi connectivity index (χ2n) is 6.67. The number of nitrogens with one attached hydrogen (secondary N) is 2. The Kier molecular flexibility index (Phi) is 8.34. The van der Waals surface area contributed by atoms with Gasteiger partial charge in [-0.3, -0.25) is 4.79 Å². The number of carbonyl (C=O) groups excluding carboxylic acids is 2. The van der Waals surface area contributed by atoms with Crippen molar-refractivity contribution in [1.29, 1.82) is 0 Å². The van der Waals surface area contributed by atoms with Crippen LogP contribution in [-0.4, -0.2) is 24.6 Å². The molecule has 1 unspecified atom stereocenters. The van der Waals surface area contributed by atoms with Gasteiger partial charge in [0.2, 0.25) is 5.91 Å². The highest BCUT2D eigenvalue weighted by molar-refractivity contribution is 5.85. The van der Waals surface area contributed by atoms with Gasteiger partial charge in [0.05, 0.1) is 6.61 Å². The molecule has 0 bridgehead atoms. The van der Waals surface area contributed by atoms with Gasteiger partial charge in [-0.1, -0.05) is 56.3 Å². The smallest absolute Gasteiger partial charge is 0.407 e. The third-order valence-corrected chi connectivity index (χ3v) is 4.21. The normalized spacial score (nSPS) is 11.6. The average Bonchev–Trinajstić information content (AvgIpc) is 2.70. The molecule has 2 aromatic carbocycles. The van der Waals surface area contributed by atoms with E-state index in [1.807, 2.05) is 68.4 Å². The van der Waals surface area contributed by atoms with Crippen molar-refractivity contribution in [3.63, 3.8) is 0 Å². The Morgan fingerprint density at radius 3 is 2.25 bits per heavy atom. The van der Waals surface area contributed by atoms with Gasteiger partial charge in [0.1, 0.15) is 18.4 Å². The first kappa shape index (κ1) is 21.3. The number of benzene rings is 2. The number of alkyl carbamates (subject to hydrolysis) is 1. The van der Waals surface area contributed by atoms with E-state index in [2.05, 4.69) is 10.6 Å². The zero-order valence-electron chi connectivity index (χ0n) is 16.6. The standard InChI is InChI=1S/C22H28N2O4/c1-4-27-22(26)24-20(16(2)3)21(25)23-14-17-10-8-9-11-18(17)15-28-19-12-6-5-7-13-19/h5-13,16,20H,4,14-15H2,1-3H3,(H,23,25)(H,24,26). The van der Waals surface area contributed by atoms with Gasteiger partial charge in [0, 0.05) is 6.54 Å². The SMILES string of the molecule is CCOC(=O)NC(C(=O)NCc1ccccc1COc1ccccc1)C(C)C. The van der Waals surface area contributed by atoms with Crippen LogP contribution < -0.4 is 15.4 Å². The molecule has 28 heavy (non-hydrogen) atoms. The van der Waals surface area contributed by atoms with Crippen molar-refractivity contribution in [1.82, 2.24) is 10.6 Å². The average molecular weight is 384 g/mol. The molecule has 0 aliphatic heterocycles. The summed E-state index contributed by atoms with van der Waals surface area (Å²) < 4.78 is 10.7. The first-order valence-electron chi connectivity index (χ1n) is 9.47. The molecule has 2 rings (SSSR count). The Morgan fingerprint density at radius 2 is 1.61 bits per heavy atom. The Bertz CT molecular complexity index is 762. The van der Waals surface area contributed by atoms with Crippen LogP contribution in [-0.2, 0) is 22.7 Å². The van der Waals surface area contributed by atoms with Crippen molar-refractivity contribution >= 4 is 12.0 Å². The lowest BCUT2D eigenvalue weighted by atomic mass is 10.0. The van der Waals surface area contributed by atoms with Crippen LogP contribution in [0.5, 0.6) is 5.75 Å². The summed E-state index contributed by atoms with van der Waals surface area (Å²) in [5.41, 5.74) is 1.96. The zero-order valence-corrected chi connectivity index (χ0v) is 16.6. The molecule has 150 valence electrons. The molecule has 0 aliphatic carbocycles. The quantitative estimate of drug-likeness (QED) is 0.692. The topological polar surface area (TPSA) is 76.7 Å². The fourth-order valence-electron chi connectivity index (χ4n) is 2.68. The van der Waals surface area contributed by atoms with E-state index in [4.69, 9.17) is 9.47 Å². The number of ether oxygens (including phenoxy) is 2. The summed E-state index contributed by atoms with van der Waals surface area (Å²) in [5, 5.41) is 5.52. The Balaban J connectivity index is 1.97. The van der Waals surface area contributed by atoms with Crippen LogP contribution in [0, 0.1) is 5.92 Å². The minimum absolute atomic E-state index is 0.0685. The molecule has 0 saturated heterocycles. The van der Waals surface area contributed by atoms with Crippen LogP contribution in [0.4, 0.5) is 4.79 Å². The summed E-state index contributed by atoms with van der Waals surface area (Å²) in [7, 11) is 0. The predicted octanol–water partition coefficient (Wildman–Crippen LogP) is 3.65. The lowest BCUT2D eigenvalue weighted by molar-refractivity contribution is -0.124. The molecule has 2 aromatic rings. The van der Waals surface area contributed by atoms with Crippen molar-refractivity contribution in [2.75, 3.05) is 6.61 Å². The lowest BCUT2D eigenvalue weighted by Gasteiger charge is -2.21. The molecule has 0 radical (unpaired) electrons. The van der Waals surface area contributed by atoms with Gasteiger partial charge in [-0.25, -0.2) is 4.79 Å². The molecule has 0 heterocycles. The number of carbonyl (C=O) groups is 2. The molecule has 6 nitrogen and oxygen atoms in total. The van der Waals surface area contributed by atoms with E-state index in [0.29, 0.717) is 13.2 Å². The van der Waals surface area contributed by atoms with Gasteiger partial charge in [-0.2, -0.15) is 0 Å². The number of hydrogen-bond acceptors (Lipinski definition) is 4. The number of rotatable bonds is 9. The Hall–Kier alpha value is -3.02. The molecule has 1 atom stereocenters. The number of hydrogen-bond donors (Lipinski definition) is 2. The summed E-state index contributed by atoms with van der Waals surface area (Å²) in [6.07, 6.45) is -0.590. The third-order valence-electron chi connectivity index (χ3n) is 4.21.